The van der Waals surface area contributed by atoms with E-state index in [1.165, 1.54) is 11.3 Å². The Labute approximate surface area is 82.9 Å². The minimum Gasteiger partial charge on any atom is -0.377 e. The third kappa shape index (κ3) is 1.23. The summed E-state index contributed by atoms with van der Waals surface area (Å²) in [6.07, 6.45) is 0.970. The number of nitrogens with zero attached hydrogens (tertiary/aromatic N) is 3. The highest BCUT2D eigenvalue weighted by molar-refractivity contribution is 5.83. The van der Waals surface area contributed by atoms with Gasteiger partial charge in [0.2, 0.25) is 0 Å². The van der Waals surface area contributed by atoms with Crippen LogP contribution in [0.3, 0.4) is 0 Å². The van der Waals surface area contributed by atoms with E-state index in [0.717, 1.165) is 17.5 Å². The molecule has 0 unspecified atom stereocenters. The van der Waals surface area contributed by atoms with Crippen molar-refractivity contribution in [2.75, 3.05) is 19.0 Å². The predicted octanol–water partition coefficient (Wildman–Crippen LogP) is 1.59. The lowest BCUT2D eigenvalue weighted by Crippen LogP contribution is -2.11. The molecule has 0 saturated heterocycles. The number of aromatic amines is 1. The summed E-state index contributed by atoms with van der Waals surface area (Å²) >= 11 is 0. The standard InChI is InChI=1S/C10H14N4/c1-4-7-9(14(2)3)6-5-8-10(7)12-13-11-8/h5-6H,4H2,1-3H3,(H,11,12,13). The molecule has 1 N–H and O–H groups in total. The van der Waals surface area contributed by atoms with Gasteiger partial charge in [-0.2, -0.15) is 0 Å². The molecule has 0 aliphatic carbocycles. The SMILES string of the molecule is CCc1c(N(C)C)ccc2[nH]nnc12. The number of benzene rings is 1. The van der Waals surface area contributed by atoms with E-state index in [1.807, 2.05) is 20.2 Å². The second-order valence-corrected chi connectivity index (χ2v) is 3.52. The lowest BCUT2D eigenvalue weighted by atomic mass is 10.1. The molecule has 1 aromatic heterocycles. The van der Waals surface area contributed by atoms with Crippen LogP contribution in [0.2, 0.25) is 0 Å². The number of anilines is 1. The van der Waals surface area contributed by atoms with Crippen molar-refractivity contribution in [2.45, 2.75) is 13.3 Å². The maximum absolute atomic E-state index is 4.10. The quantitative estimate of drug-likeness (QED) is 0.782. The van der Waals surface area contributed by atoms with Crippen LogP contribution in [0.5, 0.6) is 0 Å². The number of rotatable bonds is 2. The van der Waals surface area contributed by atoms with Gasteiger partial charge in [-0.1, -0.05) is 12.1 Å². The summed E-state index contributed by atoms with van der Waals surface area (Å²) in [5, 5.41) is 10.8. The Morgan fingerprint density at radius 3 is 2.79 bits per heavy atom. The summed E-state index contributed by atoms with van der Waals surface area (Å²) < 4.78 is 0. The van der Waals surface area contributed by atoms with Crippen molar-refractivity contribution in [1.29, 1.82) is 0 Å². The maximum atomic E-state index is 4.10. The molecule has 4 nitrogen and oxygen atoms in total. The lowest BCUT2D eigenvalue weighted by Gasteiger charge is -2.16. The van der Waals surface area contributed by atoms with E-state index in [-0.39, 0.29) is 0 Å². The molecule has 2 rings (SSSR count). The molecule has 74 valence electrons. The molecule has 4 heteroatoms. The van der Waals surface area contributed by atoms with Gasteiger partial charge in [0.05, 0.1) is 5.52 Å². The molecule has 0 spiro atoms. The Balaban J connectivity index is 2.72. The van der Waals surface area contributed by atoms with E-state index < -0.39 is 0 Å². The van der Waals surface area contributed by atoms with Gasteiger partial charge in [0.25, 0.3) is 0 Å². The first-order chi connectivity index (χ1) is 6.74. The van der Waals surface area contributed by atoms with Gasteiger partial charge >= 0.3 is 0 Å². The molecule has 14 heavy (non-hydrogen) atoms. The normalized spacial score (nSPS) is 10.8. The van der Waals surface area contributed by atoms with Gasteiger partial charge in [0.1, 0.15) is 5.52 Å². The molecule has 0 saturated carbocycles. The van der Waals surface area contributed by atoms with Crippen LogP contribution in [-0.2, 0) is 6.42 Å². The van der Waals surface area contributed by atoms with Crippen LogP contribution in [0.1, 0.15) is 12.5 Å². The second-order valence-electron chi connectivity index (χ2n) is 3.52. The first kappa shape index (κ1) is 8.99. The number of aryl methyl sites for hydroxylation is 1. The number of nitrogens with one attached hydrogen (secondary N) is 1. The molecule has 0 fully saturated rings. The van der Waals surface area contributed by atoms with Crippen molar-refractivity contribution in [1.82, 2.24) is 15.4 Å². The van der Waals surface area contributed by atoms with E-state index in [0.29, 0.717) is 0 Å². The molecule has 2 aromatic rings. The van der Waals surface area contributed by atoms with Gasteiger partial charge in [0, 0.05) is 25.3 Å². The fourth-order valence-electron chi connectivity index (χ4n) is 1.73. The number of aromatic nitrogens is 3. The third-order valence-electron chi connectivity index (χ3n) is 2.41. The summed E-state index contributed by atoms with van der Waals surface area (Å²) in [4.78, 5) is 2.10. The van der Waals surface area contributed by atoms with Gasteiger partial charge in [-0.3, -0.25) is 5.10 Å². The highest BCUT2D eigenvalue weighted by Gasteiger charge is 2.09. The number of hydrogen-bond donors (Lipinski definition) is 1. The zero-order chi connectivity index (χ0) is 10.1. The molecule has 1 aromatic carbocycles. The Morgan fingerprint density at radius 1 is 1.36 bits per heavy atom. The van der Waals surface area contributed by atoms with Gasteiger partial charge < -0.3 is 4.90 Å². The number of H-pyrrole nitrogens is 1. The van der Waals surface area contributed by atoms with Crippen LogP contribution >= 0.6 is 0 Å². The first-order valence-electron chi connectivity index (χ1n) is 4.74. The van der Waals surface area contributed by atoms with Crippen molar-refractivity contribution >= 4 is 16.7 Å². The van der Waals surface area contributed by atoms with Gasteiger partial charge in [-0.25, -0.2) is 0 Å². The van der Waals surface area contributed by atoms with Gasteiger partial charge in [-0.15, -0.1) is 5.10 Å². The Bertz CT molecular complexity index is 444. The summed E-state index contributed by atoms with van der Waals surface area (Å²) in [5.74, 6) is 0. The van der Waals surface area contributed by atoms with E-state index >= 15 is 0 Å². The average molecular weight is 190 g/mol. The molecule has 0 amide bonds. The minimum absolute atomic E-state index is 0.970. The largest absolute Gasteiger partial charge is 0.377 e. The molecule has 1 heterocycles. The van der Waals surface area contributed by atoms with Crippen LogP contribution < -0.4 is 4.90 Å². The van der Waals surface area contributed by atoms with E-state index in [9.17, 15) is 0 Å². The highest BCUT2D eigenvalue weighted by Crippen LogP contribution is 2.25. The Hall–Kier alpha value is -1.58. The monoisotopic (exact) mass is 190 g/mol. The zero-order valence-electron chi connectivity index (χ0n) is 8.70. The second kappa shape index (κ2) is 3.29. The molecule has 0 bridgehead atoms. The third-order valence-corrected chi connectivity index (χ3v) is 2.41. The van der Waals surface area contributed by atoms with Crippen LogP contribution in [0.4, 0.5) is 5.69 Å². The molecule has 0 aliphatic rings. The molecule has 0 radical (unpaired) electrons. The molecule has 0 aliphatic heterocycles. The smallest absolute Gasteiger partial charge is 0.118 e. The fraction of sp³-hybridized carbons (Fsp3) is 0.400. The van der Waals surface area contributed by atoms with E-state index in [4.69, 9.17) is 0 Å². The maximum Gasteiger partial charge on any atom is 0.118 e. The highest BCUT2D eigenvalue weighted by atomic mass is 15.3. The Morgan fingerprint density at radius 2 is 2.14 bits per heavy atom. The number of hydrogen-bond acceptors (Lipinski definition) is 3. The molecular weight excluding hydrogens is 176 g/mol. The van der Waals surface area contributed by atoms with Crippen molar-refractivity contribution in [3.8, 4) is 0 Å². The summed E-state index contributed by atoms with van der Waals surface area (Å²) in [7, 11) is 4.08. The summed E-state index contributed by atoms with van der Waals surface area (Å²) in [6.45, 7) is 2.14. The van der Waals surface area contributed by atoms with Crippen molar-refractivity contribution in [3.63, 3.8) is 0 Å². The van der Waals surface area contributed by atoms with Crippen LogP contribution in [0.25, 0.3) is 11.0 Å². The topological polar surface area (TPSA) is 44.8 Å². The minimum atomic E-state index is 0.970. The summed E-state index contributed by atoms with van der Waals surface area (Å²) in [5.41, 5.74) is 4.46. The van der Waals surface area contributed by atoms with Crippen molar-refractivity contribution in [2.24, 2.45) is 0 Å². The van der Waals surface area contributed by atoms with Gasteiger partial charge in [-0.05, 0) is 18.6 Å². The van der Waals surface area contributed by atoms with E-state index in [1.54, 1.807) is 0 Å². The van der Waals surface area contributed by atoms with Crippen LogP contribution in [0, 0.1) is 0 Å². The summed E-state index contributed by atoms with van der Waals surface area (Å²) in [6, 6.07) is 4.12. The van der Waals surface area contributed by atoms with Gasteiger partial charge in [0.15, 0.2) is 0 Å². The fourth-order valence-corrected chi connectivity index (χ4v) is 1.73. The predicted molar refractivity (Wildman–Crippen MR) is 57.6 cm³/mol. The van der Waals surface area contributed by atoms with Crippen molar-refractivity contribution in [3.05, 3.63) is 17.7 Å². The average Bonchev–Trinajstić information content (AvgIpc) is 2.63. The zero-order valence-corrected chi connectivity index (χ0v) is 8.70. The van der Waals surface area contributed by atoms with Crippen molar-refractivity contribution < 1.29 is 0 Å². The lowest BCUT2D eigenvalue weighted by molar-refractivity contribution is 0.955. The van der Waals surface area contributed by atoms with E-state index in [2.05, 4.69) is 33.3 Å². The van der Waals surface area contributed by atoms with Crippen LogP contribution in [0.15, 0.2) is 12.1 Å². The van der Waals surface area contributed by atoms with Crippen LogP contribution in [-0.4, -0.2) is 29.5 Å². The molecular formula is C10H14N4. The first-order valence-corrected chi connectivity index (χ1v) is 4.74. The Kier molecular flexibility index (Phi) is 2.11. The number of fused-ring (bicyclic) bond motifs is 1. The molecule has 0 atom stereocenters.